The van der Waals surface area contributed by atoms with Crippen molar-refractivity contribution >= 4 is 17.8 Å². The SMILES string of the molecule is CC(N=C=O)SCCC(F)(F)C(F)(F)C(F)(F)C(F)(F)F. The summed E-state index contributed by atoms with van der Waals surface area (Å²) < 4.78 is 112. The van der Waals surface area contributed by atoms with Gasteiger partial charge in [-0.3, -0.25) is 0 Å². The lowest BCUT2D eigenvalue weighted by Gasteiger charge is -2.33. The van der Waals surface area contributed by atoms with Crippen LogP contribution in [0.4, 0.5) is 39.5 Å². The van der Waals surface area contributed by atoms with Crippen LogP contribution in [0, 0.1) is 0 Å². The number of thioether (sulfide) groups is 1. The second kappa shape index (κ2) is 6.47. The maximum atomic E-state index is 13.0. The van der Waals surface area contributed by atoms with Gasteiger partial charge in [0.25, 0.3) is 0 Å². The molecule has 0 aromatic rings. The molecule has 0 aliphatic carbocycles. The van der Waals surface area contributed by atoms with Crippen LogP contribution in [-0.2, 0) is 4.79 Å². The molecular formula is C9H8F9NOS. The molecule has 0 rings (SSSR count). The molecule has 0 aliphatic heterocycles. The highest BCUT2D eigenvalue weighted by molar-refractivity contribution is 7.99. The Morgan fingerprint density at radius 3 is 1.86 bits per heavy atom. The first kappa shape index (κ1) is 20.1. The Bertz CT molecular complexity index is 403. The monoisotopic (exact) mass is 349 g/mol. The zero-order chi connectivity index (χ0) is 17.1. The number of isocyanates is 1. The predicted octanol–water partition coefficient (Wildman–Crippen LogP) is 4.26. The fraction of sp³-hybridized carbons (Fsp3) is 0.889. The highest BCUT2D eigenvalue weighted by Gasteiger charge is 2.81. The molecule has 0 aliphatic rings. The Morgan fingerprint density at radius 1 is 1.00 bits per heavy atom. The Morgan fingerprint density at radius 2 is 1.48 bits per heavy atom. The van der Waals surface area contributed by atoms with E-state index < -0.39 is 41.5 Å². The topological polar surface area (TPSA) is 29.4 Å². The fourth-order valence-corrected chi connectivity index (χ4v) is 1.87. The van der Waals surface area contributed by atoms with Crippen molar-refractivity contribution in [3.8, 4) is 0 Å². The molecule has 12 heteroatoms. The Kier molecular flexibility index (Phi) is 6.19. The van der Waals surface area contributed by atoms with Crippen LogP contribution in [0.1, 0.15) is 13.3 Å². The molecule has 2 nitrogen and oxygen atoms in total. The summed E-state index contributed by atoms with van der Waals surface area (Å²) in [6, 6.07) is 0. The van der Waals surface area contributed by atoms with Crippen molar-refractivity contribution in [3.05, 3.63) is 0 Å². The highest BCUT2D eigenvalue weighted by atomic mass is 32.2. The van der Waals surface area contributed by atoms with Gasteiger partial charge in [0.05, 0.1) is 0 Å². The zero-order valence-corrected chi connectivity index (χ0v) is 11.0. The standard InChI is InChI=1S/C9H8F9NOS/c1-5(19-4-20)21-3-2-6(10,11)7(12,13)8(14,15)9(16,17)18/h5H,2-3H2,1H3. The number of carbonyl (C=O) groups excluding carboxylic acids is 1. The van der Waals surface area contributed by atoms with Crippen molar-refractivity contribution in [3.63, 3.8) is 0 Å². The molecular weight excluding hydrogens is 341 g/mol. The minimum Gasteiger partial charge on any atom is -0.211 e. The Labute approximate surface area is 116 Å². The number of hydrogen-bond donors (Lipinski definition) is 0. The van der Waals surface area contributed by atoms with Gasteiger partial charge in [0.2, 0.25) is 6.08 Å². The van der Waals surface area contributed by atoms with E-state index in [2.05, 4.69) is 4.99 Å². The van der Waals surface area contributed by atoms with E-state index in [0.717, 1.165) is 6.08 Å². The minimum atomic E-state index is -6.87. The lowest BCUT2D eigenvalue weighted by atomic mass is 10.0. The summed E-state index contributed by atoms with van der Waals surface area (Å²) in [4.78, 5) is 12.8. The van der Waals surface area contributed by atoms with Gasteiger partial charge in [-0.15, -0.1) is 11.8 Å². The summed E-state index contributed by atoms with van der Waals surface area (Å²) in [5.41, 5.74) is 0. The Hall–Kier alpha value is -0.900. The molecule has 0 heterocycles. The smallest absolute Gasteiger partial charge is 0.211 e. The third-order valence-electron chi connectivity index (χ3n) is 2.22. The second-order valence-corrected chi connectivity index (χ2v) is 5.22. The van der Waals surface area contributed by atoms with Crippen LogP contribution >= 0.6 is 11.8 Å². The lowest BCUT2D eigenvalue weighted by molar-refractivity contribution is -0.396. The molecule has 0 fully saturated rings. The van der Waals surface area contributed by atoms with Crippen molar-refractivity contribution in [1.82, 2.24) is 0 Å². The minimum absolute atomic E-state index is 0.393. The molecule has 1 unspecified atom stereocenters. The number of alkyl halides is 9. The summed E-state index contributed by atoms with van der Waals surface area (Å²) in [7, 11) is 0. The van der Waals surface area contributed by atoms with Gasteiger partial charge in [-0.05, 0) is 6.92 Å². The molecule has 0 saturated heterocycles. The maximum absolute atomic E-state index is 13.0. The molecule has 0 bridgehead atoms. The van der Waals surface area contributed by atoms with Crippen LogP contribution in [0.15, 0.2) is 4.99 Å². The van der Waals surface area contributed by atoms with Crippen LogP contribution in [0.5, 0.6) is 0 Å². The third-order valence-corrected chi connectivity index (χ3v) is 3.25. The molecule has 0 aromatic heterocycles. The number of hydrogen-bond acceptors (Lipinski definition) is 3. The van der Waals surface area contributed by atoms with Gasteiger partial charge < -0.3 is 0 Å². The van der Waals surface area contributed by atoms with E-state index in [-0.39, 0.29) is 0 Å². The van der Waals surface area contributed by atoms with E-state index in [9.17, 15) is 44.3 Å². The first-order chi connectivity index (χ1) is 9.20. The summed E-state index contributed by atoms with van der Waals surface area (Å²) >= 11 is 0.393. The van der Waals surface area contributed by atoms with Crippen LogP contribution < -0.4 is 0 Å². The number of aliphatic imine (C=N–C) groups is 1. The van der Waals surface area contributed by atoms with Gasteiger partial charge >= 0.3 is 23.9 Å². The van der Waals surface area contributed by atoms with E-state index in [1.807, 2.05) is 0 Å². The maximum Gasteiger partial charge on any atom is 0.460 e. The average Bonchev–Trinajstić information content (AvgIpc) is 2.26. The molecule has 1 atom stereocenters. The quantitative estimate of drug-likeness (QED) is 0.390. The molecule has 0 saturated carbocycles. The van der Waals surface area contributed by atoms with E-state index in [0.29, 0.717) is 11.8 Å². The van der Waals surface area contributed by atoms with E-state index in [4.69, 9.17) is 0 Å². The molecule has 124 valence electrons. The van der Waals surface area contributed by atoms with Crippen molar-refractivity contribution < 1.29 is 44.3 Å². The van der Waals surface area contributed by atoms with Gasteiger partial charge in [-0.2, -0.15) is 44.5 Å². The molecule has 0 aromatic carbocycles. The van der Waals surface area contributed by atoms with Gasteiger partial charge in [0.15, 0.2) is 0 Å². The molecule has 21 heavy (non-hydrogen) atoms. The first-order valence-electron chi connectivity index (χ1n) is 5.09. The fourth-order valence-electron chi connectivity index (χ4n) is 1.03. The second-order valence-electron chi connectivity index (χ2n) is 3.79. The van der Waals surface area contributed by atoms with Crippen molar-refractivity contribution in [2.45, 2.75) is 42.7 Å². The molecule has 0 radical (unpaired) electrons. The van der Waals surface area contributed by atoms with Gasteiger partial charge in [-0.25, -0.2) is 4.79 Å². The van der Waals surface area contributed by atoms with Crippen molar-refractivity contribution in [2.24, 2.45) is 4.99 Å². The number of halogens is 9. The van der Waals surface area contributed by atoms with E-state index in [1.165, 1.54) is 6.92 Å². The summed E-state index contributed by atoms with van der Waals surface area (Å²) in [5, 5.41) is -0.977. The van der Waals surface area contributed by atoms with Crippen LogP contribution in [-0.4, -0.2) is 41.2 Å². The van der Waals surface area contributed by atoms with Gasteiger partial charge in [0.1, 0.15) is 5.37 Å². The predicted molar refractivity (Wildman–Crippen MR) is 55.6 cm³/mol. The lowest BCUT2D eigenvalue weighted by Crippen LogP contribution is -2.60. The number of rotatable bonds is 7. The van der Waals surface area contributed by atoms with Crippen molar-refractivity contribution in [1.29, 1.82) is 0 Å². The van der Waals surface area contributed by atoms with Crippen molar-refractivity contribution in [2.75, 3.05) is 5.75 Å². The van der Waals surface area contributed by atoms with Gasteiger partial charge in [0, 0.05) is 12.2 Å². The Balaban J connectivity index is 5.00. The zero-order valence-electron chi connectivity index (χ0n) is 10.2. The average molecular weight is 349 g/mol. The summed E-state index contributed by atoms with van der Waals surface area (Å²) in [6.45, 7) is 1.19. The summed E-state index contributed by atoms with van der Waals surface area (Å²) in [6.07, 6.45) is -7.73. The van der Waals surface area contributed by atoms with Crippen LogP contribution in [0.3, 0.4) is 0 Å². The van der Waals surface area contributed by atoms with Gasteiger partial charge in [-0.1, -0.05) is 0 Å². The molecule has 0 amide bonds. The van der Waals surface area contributed by atoms with E-state index >= 15 is 0 Å². The molecule has 0 N–H and O–H groups in total. The third kappa shape index (κ3) is 4.29. The highest BCUT2D eigenvalue weighted by Crippen LogP contribution is 2.54. The molecule has 0 spiro atoms. The van der Waals surface area contributed by atoms with Crippen LogP contribution in [0.25, 0.3) is 0 Å². The van der Waals surface area contributed by atoms with Crippen LogP contribution in [0.2, 0.25) is 0 Å². The number of nitrogens with zero attached hydrogens (tertiary/aromatic N) is 1. The largest absolute Gasteiger partial charge is 0.460 e. The summed E-state index contributed by atoms with van der Waals surface area (Å²) in [5.74, 6) is -20.0. The normalized spacial score (nSPS) is 15.5. The van der Waals surface area contributed by atoms with E-state index in [1.54, 1.807) is 0 Å². The first-order valence-corrected chi connectivity index (χ1v) is 6.14.